The Morgan fingerprint density at radius 2 is 0.763 bits per heavy atom. The van der Waals surface area contributed by atoms with E-state index in [0.29, 0.717) is 155 Å². The summed E-state index contributed by atoms with van der Waals surface area (Å²) in [6, 6.07) is 10.9. The third-order valence-electron chi connectivity index (χ3n) is 19.8. The summed E-state index contributed by atoms with van der Waals surface area (Å²) in [6.45, 7) is 21.2. The number of rotatable bonds is 17. The topological polar surface area (TPSA) is 375 Å². The minimum atomic E-state index is -0.762. The molecule has 592 valence electrons. The number of hydrogen-bond donors (Lipinski definition) is 7. The van der Waals surface area contributed by atoms with Crippen LogP contribution in [0.25, 0.3) is 64.0 Å². The Kier molecular flexibility index (Phi) is 26.0. The van der Waals surface area contributed by atoms with Crippen molar-refractivity contribution in [3.05, 3.63) is 126 Å². The fourth-order valence-electron chi connectivity index (χ4n) is 12.8. The van der Waals surface area contributed by atoms with Crippen molar-refractivity contribution in [2.45, 2.75) is 93.9 Å². The minimum Gasteiger partial charge on any atom is -0.481 e. The van der Waals surface area contributed by atoms with Crippen LogP contribution in [0.15, 0.2) is 103 Å². The van der Waals surface area contributed by atoms with Gasteiger partial charge in [-0.2, -0.15) is 0 Å². The number of fused-ring (bicyclic) bond motifs is 3. The number of aromatic nitrogens is 13. The molecule has 11 heterocycles. The summed E-state index contributed by atoms with van der Waals surface area (Å²) in [5, 5.41) is 27.5. The van der Waals surface area contributed by atoms with E-state index in [2.05, 4.69) is 136 Å². The van der Waals surface area contributed by atoms with Crippen LogP contribution < -0.4 is 46.6 Å². The molecule has 0 spiro atoms. The number of nitrogens with zero attached hydrogens (tertiary/aromatic N) is 16. The van der Waals surface area contributed by atoms with Crippen LogP contribution in [0, 0.1) is 39.9 Å². The number of esters is 2. The second kappa shape index (κ2) is 36.4. The molecule has 14 rings (SSSR count). The van der Waals surface area contributed by atoms with Gasteiger partial charge < -0.3 is 54.4 Å². The first-order valence-electron chi connectivity index (χ1n) is 37.3. The lowest BCUT2D eigenvalue weighted by atomic mass is 9.80. The highest BCUT2D eigenvalue weighted by atomic mass is 79.9. The molecule has 3 saturated heterocycles. The zero-order valence-corrected chi connectivity index (χ0v) is 68.8. The largest absolute Gasteiger partial charge is 0.481 e. The first-order valence-corrected chi connectivity index (χ1v) is 40.5. The number of aliphatic carboxylic acids is 1. The van der Waals surface area contributed by atoms with Gasteiger partial charge in [0, 0.05) is 142 Å². The molecular weight excluding hydrogens is 1580 g/mol. The number of aryl methyl sites for hydroxylation is 2. The SMILES string of the molecule is CCNC(=O)Nc1nc2cc(-c3cnc(N4CCC(C)(C(=O)O)CC4)nc3)cc(C#Cc3cncn3C)c2s1.CCNC(=O)Nc1nc2cc(-c3cnc(N4CCC(C)(C(=O)OCC)CC4)nc3)cc(Br)c2s1.CCNC(=O)Nc1nc2cc(-c3cnc(N4CCC(C)(C(=O)OCC)CC4)nc3)cc(C#Cc3cncn3C)c2s1. The smallest absolute Gasteiger partial charge is 0.321 e. The minimum absolute atomic E-state index is 0.127. The maximum absolute atomic E-state index is 12.4. The first-order chi connectivity index (χ1) is 54.9. The van der Waals surface area contributed by atoms with E-state index in [9.17, 15) is 33.9 Å². The number of amides is 6. The average Bonchev–Trinajstić information content (AvgIpc) is 1.38. The molecule has 31 nitrogen and oxygen atoms in total. The molecule has 35 heteroatoms. The first kappa shape index (κ1) is 81.7. The number of piperidine rings is 3. The van der Waals surface area contributed by atoms with E-state index in [1.807, 2.05) is 113 Å². The van der Waals surface area contributed by atoms with Crippen molar-refractivity contribution in [1.82, 2.24) is 79.9 Å². The summed E-state index contributed by atoms with van der Waals surface area (Å²) in [4.78, 5) is 128. The van der Waals surface area contributed by atoms with Crippen LogP contribution >= 0.6 is 49.9 Å². The molecule has 3 aromatic carbocycles. The van der Waals surface area contributed by atoms with Gasteiger partial charge in [0.25, 0.3) is 0 Å². The number of thiazole rings is 3. The van der Waals surface area contributed by atoms with Gasteiger partial charge in [-0.25, -0.2) is 69.2 Å². The molecule has 7 N–H and O–H groups in total. The van der Waals surface area contributed by atoms with Crippen LogP contribution in [0.3, 0.4) is 0 Å². The Bertz CT molecular complexity index is 5470. The van der Waals surface area contributed by atoms with Crippen molar-refractivity contribution in [2.75, 3.05) is 103 Å². The Morgan fingerprint density at radius 1 is 0.447 bits per heavy atom. The van der Waals surface area contributed by atoms with Gasteiger partial charge in [-0.1, -0.05) is 45.9 Å². The number of halogens is 1. The van der Waals surface area contributed by atoms with Crippen LogP contribution in [0.5, 0.6) is 0 Å². The number of nitrogens with one attached hydrogen (secondary N) is 6. The van der Waals surface area contributed by atoms with Crippen molar-refractivity contribution < 1.29 is 43.3 Å². The van der Waals surface area contributed by atoms with Gasteiger partial charge in [0.05, 0.1) is 85.2 Å². The predicted octanol–water partition coefficient (Wildman–Crippen LogP) is 12.7. The third-order valence-corrected chi connectivity index (χ3v) is 23.7. The lowest BCUT2D eigenvalue weighted by molar-refractivity contribution is -0.156. The maximum Gasteiger partial charge on any atom is 0.321 e. The van der Waals surface area contributed by atoms with Gasteiger partial charge in [0.2, 0.25) is 17.8 Å². The quantitative estimate of drug-likeness (QED) is 0.0329. The Labute approximate surface area is 678 Å². The monoisotopic (exact) mass is 1660 g/mol. The van der Waals surface area contributed by atoms with E-state index in [1.54, 1.807) is 69.2 Å². The summed E-state index contributed by atoms with van der Waals surface area (Å²) in [5.41, 5.74) is 8.75. The molecule has 0 radical (unpaired) electrons. The summed E-state index contributed by atoms with van der Waals surface area (Å²) in [6.07, 6.45) is 21.4. The number of benzene rings is 3. The summed E-state index contributed by atoms with van der Waals surface area (Å²) < 4.78 is 17.8. The van der Waals surface area contributed by atoms with Gasteiger partial charge in [-0.15, -0.1) is 0 Å². The van der Waals surface area contributed by atoms with Crippen molar-refractivity contribution >= 4 is 150 Å². The molecule has 0 bridgehead atoms. The molecule has 8 aromatic heterocycles. The van der Waals surface area contributed by atoms with Gasteiger partial charge in [-0.3, -0.25) is 30.3 Å². The van der Waals surface area contributed by atoms with Gasteiger partial charge >= 0.3 is 36.0 Å². The van der Waals surface area contributed by atoms with Gasteiger partial charge in [0.15, 0.2) is 15.4 Å². The second-order valence-electron chi connectivity index (χ2n) is 28.0. The van der Waals surface area contributed by atoms with Crippen molar-refractivity contribution in [3.8, 4) is 57.1 Å². The van der Waals surface area contributed by atoms with Gasteiger partial charge in [-0.05, 0) is 175 Å². The lowest BCUT2D eigenvalue weighted by Gasteiger charge is -2.37. The Morgan fingerprint density at radius 3 is 1.07 bits per heavy atom. The van der Waals surface area contributed by atoms with Crippen molar-refractivity contribution in [2.24, 2.45) is 30.3 Å². The predicted molar refractivity (Wildman–Crippen MR) is 446 cm³/mol. The molecule has 3 aliphatic heterocycles. The van der Waals surface area contributed by atoms with Crippen LogP contribution in [0.4, 0.5) is 47.6 Å². The van der Waals surface area contributed by atoms with Crippen LogP contribution in [0.2, 0.25) is 0 Å². The van der Waals surface area contributed by atoms with E-state index >= 15 is 0 Å². The lowest BCUT2D eigenvalue weighted by Crippen LogP contribution is -2.44. The third kappa shape index (κ3) is 19.4. The van der Waals surface area contributed by atoms with Gasteiger partial charge in [0.1, 0.15) is 11.4 Å². The highest BCUT2D eigenvalue weighted by Crippen LogP contribution is 2.41. The van der Waals surface area contributed by atoms with Crippen molar-refractivity contribution in [1.29, 1.82) is 0 Å². The van der Waals surface area contributed by atoms with E-state index in [-0.39, 0.29) is 30.0 Å². The fourth-order valence-corrected chi connectivity index (χ4v) is 16.1. The number of carbonyl (C=O) groups excluding carboxylic acids is 5. The maximum atomic E-state index is 12.4. The van der Waals surface area contributed by atoms with Crippen LogP contribution in [-0.2, 0) is 38.0 Å². The average molecular weight is 1660 g/mol. The fraction of sp³-hybridized carbons (Fsp3) is 0.380. The van der Waals surface area contributed by atoms with E-state index in [0.717, 1.165) is 80.0 Å². The number of ether oxygens (including phenoxy) is 2. The molecule has 11 aromatic rings. The molecule has 6 amide bonds. The number of hydrogen-bond acceptors (Lipinski definition) is 25. The molecule has 0 saturated carbocycles. The number of imidazole rings is 2. The highest BCUT2D eigenvalue weighted by Gasteiger charge is 2.41. The van der Waals surface area contributed by atoms with Crippen LogP contribution in [0.1, 0.15) is 116 Å². The summed E-state index contributed by atoms with van der Waals surface area (Å²) >= 11 is 7.76. The van der Waals surface area contributed by atoms with E-state index in [4.69, 9.17) is 9.47 Å². The number of carbonyl (C=O) groups is 6. The molecule has 0 atom stereocenters. The molecule has 0 unspecified atom stereocenters. The van der Waals surface area contributed by atoms with Crippen molar-refractivity contribution in [3.63, 3.8) is 0 Å². The summed E-state index contributed by atoms with van der Waals surface area (Å²) in [5.74, 6) is 13.7. The summed E-state index contributed by atoms with van der Waals surface area (Å²) in [7, 11) is 3.77. The van der Waals surface area contributed by atoms with E-state index < -0.39 is 22.2 Å². The molecular formula is C79H87BrN22O9S3. The number of urea groups is 3. The zero-order chi connectivity index (χ0) is 80.8. The molecule has 114 heavy (non-hydrogen) atoms. The Balaban J connectivity index is 0.000000159. The van der Waals surface area contributed by atoms with E-state index in [1.165, 1.54) is 34.0 Å². The normalized spacial score (nSPS) is 14.6. The molecule has 0 aliphatic carbocycles. The Hall–Kier alpha value is -11.8. The zero-order valence-electron chi connectivity index (χ0n) is 64.7. The number of anilines is 6. The highest BCUT2D eigenvalue weighted by molar-refractivity contribution is 9.10. The van der Waals surface area contributed by atoms with Crippen LogP contribution in [-0.4, -0.2) is 177 Å². The number of carboxylic acid groups (broad SMARTS) is 1. The molecule has 3 aliphatic rings. The second-order valence-corrected chi connectivity index (χ2v) is 31.9. The standard InChI is InChI=1S/C29H32N8O3S.C27H28N8O3S.C23H27BrN6O3S/c1-5-31-27(39)35-28-34-23-14-20(13-19(24(23)41-28)7-8-22-17-30-18-36(22)4)21-15-32-26(33-16-21)37-11-9-29(3,10-12-37)25(38)40-6-2;1-4-29-25(38)33-26-32-21-12-18(11-17(22(21)39-26)5-6-20-15-28-16-34(20)3)19-13-30-24(31-14-19)35-9-7-27(2,8-10-35)23(36)37;1-4-25-21(32)29-22-28-17-11-14(10-16(24)18(17)34-22)15-12-26-20(27-13-15)30-8-6-23(3,7-9-30)19(31)33-5-2/h13-18H,5-6,9-12H2,1-4H3,(H2,31,34,35,39);11-16H,4,7-10H2,1-3H3,(H,36,37)(H2,29,32,33,38);10-13H,4-9H2,1-3H3,(H2,25,28,29,32). The number of carboxylic acids is 1. The molecule has 3 fully saturated rings.